The van der Waals surface area contributed by atoms with Crippen LogP contribution < -0.4 is 0 Å². The molecule has 0 radical (unpaired) electrons. The van der Waals surface area contributed by atoms with Crippen molar-refractivity contribution in [2.24, 2.45) is 5.92 Å². The number of hydrogen-bond acceptors (Lipinski definition) is 1. The quantitative estimate of drug-likeness (QED) is 0.709. The monoisotopic (exact) mass is 191 g/mol. The first-order chi connectivity index (χ1) is 6.50. The molecule has 0 amide bonds. The van der Waals surface area contributed by atoms with E-state index in [0.717, 1.165) is 6.42 Å². The zero-order chi connectivity index (χ0) is 10.7. The van der Waals surface area contributed by atoms with Crippen molar-refractivity contribution < 1.29 is 0 Å². The summed E-state index contributed by atoms with van der Waals surface area (Å²) in [6.45, 7) is 11.0. The van der Waals surface area contributed by atoms with Crippen LogP contribution in [0, 0.1) is 12.8 Å². The third kappa shape index (κ3) is 2.83. The fourth-order valence-corrected chi connectivity index (χ4v) is 1.77. The van der Waals surface area contributed by atoms with E-state index in [1.165, 1.54) is 17.0 Å². The largest absolute Gasteiger partial charge is 0.258 e. The summed E-state index contributed by atoms with van der Waals surface area (Å²) >= 11 is 0. The molecule has 1 nitrogen and oxygen atoms in total. The van der Waals surface area contributed by atoms with Crippen LogP contribution in [0.4, 0.5) is 0 Å². The molecule has 0 N–H and O–H groups in total. The Morgan fingerprint density at radius 2 is 1.79 bits per heavy atom. The van der Waals surface area contributed by atoms with Crippen LogP contribution in [0.5, 0.6) is 0 Å². The van der Waals surface area contributed by atoms with E-state index in [4.69, 9.17) is 0 Å². The standard InChI is InChI=1S/C13H21N/c1-9(2)8-12-6-7-13(10(3)4)11(5)14-12/h6-7,9-10H,8H2,1-5H3. The molecule has 0 aromatic carbocycles. The van der Waals surface area contributed by atoms with E-state index in [1.54, 1.807) is 0 Å². The first-order valence-electron chi connectivity index (χ1n) is 5.47. The highest BCUT2D eigenvalue weighted by Crippen LogP contribution is 2.18. The minimum absolute atomic E-state index is 0.579. The Labute approximate surface area is 87.6 Å². The molecule has 0 atom stereocenters. The summed E-state index contributed by atoms with van der Waals surface area (Å²) in [5, 5.41) is 0. The first kappa shape index (κ1) is 11.2. The molecule has 0 aliphatic rings. The fourth-order valence-electron chi connectivity index (χ4n) is 1.77. The Kier molecular flexibility index (Phi) is 3.68. The summed E-state index contributed by atoms with van der Waals surface area (Å²) in [5.74, 6) is 1.27. The Bertz CT molecular complexity index is 300. The highest BCUT2D eigenvalue weighted by Gasteiger charge is 2.06. The molecule has 14 heavy (non-hydrogen) atoms. The van der Waals surface area contributed by atoms with Gasteiger partial charge in [-0.2, -0.15) is 0 Å². The van der Waals surface area contributed by atoms with Crippen LogP contribution in [0.1, 0.15) is 50.6 Å². The second-order valence-corrected chi connectivity index (χ2v) is 4.73. The van der Waals surface area contributed by atoms with Gasteiger partial charge in [0, 0.05) is 11.4 Å². The molecule has 1 aromatic rings. The van der Waals surface area contributed by atoms with Gasteiger partial charge in [0.2, 0.25) is 0 Å². The highest BCUT2D eigenvalue weighted by molar-refractivity contribution is 5.25. The maximum absolute atomic E-state index is 4.63. The molecule has 0 fully saturated rings. The maximum Gasteiger partial charge on any atom is 0.0410 e. The fraction of sp³-hybridized carbons (Fsp3) is 0.615. The Morgan fingerprint density at radius 1 is 1.14 bits per heavy atom. The number of rotatable bonds is 3. The van der Waals surface area contributed by atoms with Gasteiger partial charge in [0.15, 0.2) is 0 Å². The lowest BCUT2D eigenvalue weighted by Gasteiger charge is -2.11. The summed E-state index contributed by atoms with van der Waals surface area (Å²) in [7, 11) is 0. The lowest BCUT2D eigenvalue weighted by molar-refractivity contribution is 0.632. The van der Waals surface area contributed by atoms with Gasteiger partial charge in [-0.1, -0.05) is 33.8 Å². The van der Waals surface area contributed by atoms with Crippen LogP contribution in [-0.2, 0) is 6.42 Å². The van der Waals surface area contributed by atoms with E-state index in [1.807, 2.05) is 0 Å². The molecule has 0 aliphatic heterocycles. The van der Waals surface area contributed by atoms with Crippen molar-refractivity contribution in [2.45, 2.75) is 47.0 Å². The van der Waals surface area contributed by atoms with Gasteiger partial charge in [-0.3, -0.25) is 4.98 Å². The molecule has 0 saturated carbocycles. The Balaban J connectivity index is 2.89. The molecule has 1 rings (SSSR count). The number of aryl methyl sites for hydroxylation is 1. The minimum atomic E-state index is 0.579. The average Bonchev–Trinajstić information content (AvgIpc) is 2.01. The van der Waals surface area contributed by atoms with Crippen LogP contribution in [0.15, 0.2) is 12.1 Å². The molecule has 0 spiro atoms. The van der Waals surface area contributed by atoms with Gasteiger partial charge in [0.05, 0.1) is 0 Å². The third-order valence-corrected chi connectivity index (χ3v) is 2.42. The Hall–Kier alpha value is -0.850. The van der Waals surface area contributed by atoms with Crippen LogP contribution in [0.2, 0.25) is 0 Å². The van der Waals surface area contributed by atoms with Crippen molar-refractivity contribution >= 4 is 0 Å². The smallest absolute Gasteiger partial charge is 0.0410 e. The van der Waals surface area contributed by atoms with E-state index < -0.39 is 0 Å². The molecule has 1 aromatic heterocycles. The number of hydrogen-bond donors (Lipinski definition) is 0. The number of nitrogens with zero attached hydrogens (tertiary/aromatic N) is 1. The minimum Gasteiger partial charge on any atom is -0.258 e. The van der Waals surface area contributed by atoms with Crippen molar-refractivity contribution in [3.8, 4) is 0 Å². The van der Waals surface area contributed by atoms with Crippen molar-refractivity contribution in [2.75, 3.05) is 0 Å². The number of pyridine rings is 1. The molecule has 1 heteroatoms. The molecule has 0 bridgehead atoms. The van der Waals surface area contributed by atoms with Crippen LogP contribution in [0.25, 0.3) is 0 Å². The van der Waals surface area contributed by atoms with Crippen LogP contribution in [-0.4, -0.2) is 4.98 Å². The van der Waals surface area contributed by atoms with Gasteiger partial charge in [0.25, 0.3) is 0 Å². The molecular weight excluding hydrogens is 170 g/mol. The highest BCUT2D eigenvalue weighted by atomic mass is 14.7. The molecule has 0 saturated heterocycles. The summed E-state index contributed by atoms with van der Waals surface area (Å²) in [6, 6.07) is 4.40. The summed E-state index contributed by atoms with van der Waals surface area (Å²) in [4.78, 5) is 4.63. The van der Waals surface area contributed by atoms with E-state index in [0.29, 0.717) is 11.8 Å². The SMILES string of the molecule is Cc1nc(CC(C)C)ccc1C(C)C. The maximum atomic E-state index is 4.63. The molecular formula is C13H21N. The van der Waals surface area contributed by atoms with Gasteiger partial charge >= 0.3 is 0 Å². The predicted octanol–water partition coefficient (Wildman–Crippen LogP) is 3.71. The summed E-state index contributed by atoms with van der Waals surface area (Å²) < 4.78 is 0. The van der Waals surface area contributed by atoms with Crippen molar-refractivity contribution in [1.29, 1.82) is 0 Å². The first-order valence-corrected chi connectivity index (χ1v) is 5.47. The third-order valence-electron chi connectivity index (χ3n) is 2.42. The molecule has 0 aliphatic carbocycles. The van der Waals surface area contributed by atoms with Crippen LogP contribution >= 0.6 is 0 Å². The van der Waals surface area contributed by atoms with E-state index >= 15 is 0 Å². The Morgan fingerprint density at radius 3 is 2.21 bits per heavy atom. The zero-order valence-electron chi connectivity index (χ0n) is 9.96. The van der Waals surface area contributed by atoms with Crippen LogP contribution in [0.3, 0.4) is 0 Å². The van der Waals surface area contributed by atoms with Gasteiger partial charge in [-0.15, -0.1) is 0 Å². The van der Waals surface area contributed by atoms with Crippen molar-refractivity contribution in [1.82, 2.24) is 4.98 Å². The van der Waals surface area contributed by atoms with Gasteiger partial charge in [-0.05, 0) is 36.8 Å². The van der Waals surface area contributed by atoms with E-state index in [-0.39, 0.29) is 0 Å². The lowest BCUT2D eigenvalue weighted by atomic mass is 10.00. The zero-order valence-corrected chi connectivity index (χ0v) is 9.96. The number of aromatic nitrogens is 1. The summed E-state index contributed by atoms with van der Waals surface area (Å²) in [5.41, 5.74) is 3.79. The van der Waals surface area contributed by atoms with Gasteiger partial charge < -0.3 is 0 Å². The average molecular weight is 191 g/mol. The normalized spacial score (nSPS) is 11.4. The second-order valence-electron chi connectivity index (χ2n) is 4.73. The van der Waals surface area contributed by atoms with Gasteiger partial charge in [0.1, 0.15) is 0 Å². The molecule has 78 valence electrons. The predicted molar refractivity (Wildman–Crippen MR) is 61.6 cm³/mol. The topological polar surface area (TPSA) is 12.9 Å². The second kappa shape index (κ2) is 4.59. The molecule has 0 unspecified atom stereocenters. The molecule has 1 heterocycles. The van der Waals surface area contributed by atoms with E-state index in [2.05, 4.69) is 51.7 Å². The summed E-state index contributed by atoms with van der Waals surface area (Å²) in [6.07, 6.45) is 1.08. The van der Waals surface area contributed by atoms with Gasteiger partial charge in [-0.25, -0.2) is 0 Å². The van der Waals surface area contributed by atoms with Crippen molar-refractivity contribution in [3.63, 3.8) is 0 Å². The lowest BCUT2D eigenvalue weighted by Crippen LogP contribution is -2.02. The van der Waals surface area contributed by atoms with Crippen molar-refractivity contribution in [3.05, 3.63) is 29.1 Å². The van der Waals surface area contributed by atoms with E-state index in [9.17, 15) is 0 Å².